The van der Waals surface area contributed by atoms with Gasteiger partial charge in [0, 0.05) is 26.2 Å². The minimum absolute atomic E-state index is 0.0554. The Labute approximate surface area is 182 Å². The van der Waals surface area contributed by atoms with Crippen LogP contribution in [0.4, 0.5) is 0 Å². The van der Waals surface area contributed by atoms with Crippen molar-refractivity contribution in [3.05, 3.63) is 70.8 Å². The third-order valence-electron chi connectivity index (χ3n) is 5.84. The maximum atomic E-state index is 12.6. The van der Waals surface area contributed by atoms with Crippen LogP contribution >= 0.6 is 0 Å². The highest BCUT2D eigenvalue weighted by molar-refractivity contribution is 7.88. The smallest absolute Gasteiger partial charge is 0.338 e. The number of carbonyl (C=O) groups excluding carboxylic acids is 2. The van der Waals surface area contributed by atoms with Gasteiger partial charge in [-0.25, -0.2) is 13.2 Å². The molecule has 0 N–H and O–H groups in total. The first kappa shape index (κ1) is 21.5. The Bertz CT molecular complexity index is 1060. The fourth-order valence-corrected chi connectivity index (χ4v) is 5.61. The van der Waals surface area contributed by atoms with Crippen molar-refractivity contribution in [2.24, 2.45) is 0 Å². The lowest BCUT2D eigenvalue weighted by Gasteiger charge is -2.33. The number of esters is 1. The molecule has 1 aliphatic heterocycles. The molecule has 1 fully saturated rings. The van der Waals surface area contributed by atoms with Crippen LogP contribution in [0.15, 0.2) is 48.5 Å². The summed E-state index contributed by atoms with van der Waals surface area (Å²) in [4.78, 5) is 26.3. The maximum Gasteiger partial charge on any atom is 0.338 e. The minimum atomic E-state index is -3.44. The Hall–Kier alpha value is -2.71. The predicted molar refractivity (Wildman–Crippen MR) is 116 cm³/mol. The van der Waals surface area contributed by atoms with Crippen molar-refractivity contribution in [3.63, 3.8) is 0 Å². The van der Waals surface area contributed by atoms with E-state index < -0.39 is 16.0 Å². The lowest BCUT2D eigenvalue weighted by Crippen LogP contribution is -2.51. The Kier molecular flexibility index (Phi) is 6.38. The van der Waals surface area contributed by atoms with Gasteiger partial charge in [-0.2, -0.15) is 4.31 Å². The molecule has 1 aliphatic carbocycles. The second kappa shape index (κ2) is 9.20. The fraction of sp³-hybridized carbons (Fsp3) is 0.391. The Morgan fingerprint density at radius 2 is 1.61 bits per heavy atom. The van der Waals surface area contributed by atoms with Gasteiger partial charge in [-0.1, -0.05) is 36.4 Å². The number of amides is 1. The third kappa shape index (κ3) is 5.14. The molecule has 1 saturated heterocycles. The topological polar surface area (TPSA) is 84.0 Å². The highest BCUT2D eigenvalue weighted by Crippen LogP contribution is 2.23. The molecule has 0 spiro atoms. The van der Waals surface area contributed by atoms with Crippen molar-refractivity contribution in [2.45, 2.75) is 25.0 Å². The largest absolute Gasteiger partial charge is 0.452 e. The number of fused-ring (bicyclic) bond motifs is 1. The van der Waals surface area contributed by atoms with E-state index in [0.717, 1.165) is 24.8 Å². The van der Waals surface area contributed by atoms with Gasteiger partial charge in [0.25, 0.3) is 5.91 Å². The van der Waals surface area contributed by atoms with Gasteiger partial charge in [0.15, 0.2) is 6.61 Å². The molecule has 0 saturated carbocycles. The Morgan fingerprint density at radius 3 is 2.35 bits per heavy atom. The number of nitrogens with zero attached hydrogens (tertiary/aromatic N) is 2. The van der Waals surface area contributed by atoms with Gasteiger partial charge in [-0.3, -0.25) is 4.79 Å². The van der Waals surface area contributed by atoms with Gasteiger partial charge in [-0.15, -0.1) is 0 Å². The predicted octanol–water partition coefficient (Wildman–Crippen LogP) is 2.01. The van der Waals surface area contributed by atoms with Crippen molar-refractivity contribution < 1.29 is 22.7 Å². The van der Waals surface area contributed by atoms with Crippen molar-refractivity contribution in [2.75, 3.05) is 32.8 Å². The molecule has 1 heterocycles. The summed E-state index contributed by atoms with van der Waals surface area (Å²) < 4.78 is 31.9. The quantitative estimate of drug-likeness (QED) is 0.639. The highest BCUT2D eigenvalue weighted by atomic mass is 32.2. The number of benzene rings is 2. The summed E-state index contributed by atoms with van der Waals surface area (Å²) in [5, 5.41) is 0. The number of ether oxygens (including phenoxy) is 1. The molecular formula is C23H26N2O5S. The zero-order valence-electron chi connectivity index (χ0n) is 17.3. The van der Waals surface area contributed by atoms with Crippen LogP contribution in [-0.2, 0) is 38.1 Å². The normalized spacial score (nSPS) is 16.7. The van der Waals surface area contributed by atoms with Gasteiger partial charge < -0.3 is 9.64 Å². The summed E-state index contributed by atoms with van der Waals surface area (Å²) in [6.45, 7) is 0.693. The first-order chi connectivity index (χ1) is 14.9. The molecule has 31 heavy (non-hydrogen) atoms. The Morgan fingerprint density at radius 1 is 0.903 bits per heavy atom. The van der Waals surface area contributed by atoms with Gasteiger partial charge in [0.2, 0.25) is 10.0 Å². The molecule has 164 valence electrons. The van der Waals surface area contributed by atoms with E-state index in [0.29, 0.717) is 5.56 Å². The summed E-state index contributed by atoms with van der Waals surface area (Å²) in [6, 6.07) is 14.6. The van der Waals surface area contributed by atoms with Crippen LogP contribution in [0.3, 0.4) is 0 Å². The zero-order valence-corrected chi connectivity index (χ0v) is 18.1. The molecule has 2 aromatic carbocycles. The van der Waals surface area contributed by atoms with Crippen LogP contribution in [0.25, 0.3) is 0 Å². The van der Waals surface area contributed by atoms with E-state index in [1.165, 1.54) is 15.4 Å². The van der Waals surface area contributed by atoms with E-state index in [1.54, 1.807) is 23.1 Å². The average molecular weight is 443 g/mol. The monoisotopic (exact) mass is 442 g/mol. The lowest BCUT2D eigenvalue weighted by atomic mass is 10.1. The van der Waals surface area contributed by atoms with Crippen molar-refractivity contribution in [1.29, 1.82) is 0 Å². The molecule has 2 aromatic rings. The summed E-state index contributed by atoms with van der Waals surface area (Å²) in [5.74, 6) is -0.873. The number of aryl methyl sites for hydroxylation is 2. The molecule has 0 bridgehead atoms. The van der Waals surface area contributed by atoms with Crippen molar-refractivity contribution in [1.82, 2.24) is 9.21 Å². The van der Waals surface area contributed by atoms with Crippen LogP contribution in [-0.4, -0.2) is 62.3 Å². The average Bonchev–Trinajstić information content (AvgIpc) is 3.25. The molecule has 0 radical (unpaired) electrons. The second-order valence-electron chi connectivity index (χ2n) is 7.93. The fourth-order valence-electron chi connectivity index (χ4n) is 4.09. The molecule has 8 heteroatoms. The molecule has 0 aromatic heterocycles. The van der Waals surface area contributed by atoms with E-state index >= 15 is 0 Å². The summed E-state index contributed by atoms with van der Waals surface area (Å²) in [7, 11) is -3.44. The van der Waals surface area contributed by atoms with Crippen LogP contribution in [0, 0.1) is 0 Å². The van der Waals surface area contributed by atoms with Gasteiger partial charge in [-0.05, 0) is 48.1 Å². The Balaban J connectivity index is 1.26. The molecule has 4 rings (SSSR count). The van der Waals surface area contributed by atoms with Crippen LogP contribution in [0.1, 0.15) is 33.5 Å². The molecule has 7 nitrogen and oxygen atoms in total. The standard InChI is InChI=1S/C23H26N2O5S/c26-22(16-30-23(27)21-10-9-19-7-4-8-20(19)15-21)24-11-13-25(14-12-24)31(28,29)17-18-5-2-1-3-6-18/h1-3,5-6,9-10,15H,4,7-8,11-14,16-17H2. The molecule has 2 aliphatic rings. The van der Waals surface area contributed by atoms with E-state index in [1.807, 2.05) is 30.3 Å². The first-order valence-corrected chi connectivity index (χ1v) is 12.1. The van der Waals surface area contributed by atoms with Crippen LogP contribution in [0.2, 0.25) is 0 Å². The van der Waals surface area contributed by atoms with Gasteiger partial charge >= 0.3 is 5.97 Å². The number of rotatable bonds is 6. The number of piperazine rings is 1. The number of hydrogen-bond acceptors (Lipinski definition) is 5. The van der Waals surface area contributed by atoms with Gasteiger partial charge in [0.05, 0.1) is 11.3 Å². The molecule has 0 unspecified atom stereocenters. The molecule has 1 amide bonds. The van der Waals surface area contributed by atoms with Gasteiger partial charge in [0.1, 0.15) is 0 Å². The highest BCUT2D eigenvalue weighted by Gasteiger charge is 2.29. The number of sulfonamides is 1. The minimum Gasteiger partial charge on any atom is -0.452 e. The third-order valence-corrected chi connectivity index (χ3v) is 7.69. The molecule has 0 atom stereocenters. The SMILES string of the molecule is O=C(OCC(=O)N1CCN(S(=O)(=O)Cc2ccccc2)CC1)c1ccc2c(c1)CCC2. The summed E-state index contributed by atoms with van der Waals surface area (Å²) in [5.41, 5.74) is 3.64. The van der Waals surface area contributed by atoms with Crippen molar-refractivity contribution >= 4 is 21.9 Å². The first-order valence-electron chi connectivity index (χ1n) is 10.5. The van der Waals surface area contributed by atoms with Crippen LogP contribution < -0.4 is 0 Å². The van der Waals surface area contributed by atoms with E-state index in [4.69, 9.17) is 4.74 Å². The van der Waals surface area contributed by atoms with E-state index in [2.05, 4.69) is 0 Å². The van der Waals surface area contributed by atoms with E-state index in [-0.39, 0.29) is 44.4 Å². The summed E-state index contributed by atoms with van der Waals surface area (Å²) in [6.07, 6.45) is 3.10. The maximum absolute atomic E-state index is 12.6. The van der Waals surface area contributed by atoms with Crippen molar-refractivity contribution in [3.8, 4) is 0 Å². The lowest BCUT2D eigenvalue weighted by molar-refractivity contribution is -0.135. The number of hydrogen-bond donors (Lipinski definition) is 0. The van der Waals surface area contributed by atoms with E-state index in [9.17, 15) is 18.0 Å². The zero-order chi connectivity index (χ0) is 21.8. The second-order valence-corrected chi connectivity index (χ2v) is 9.90. The number of carbonyl (C=O) groups is 2. The summed E-state index contributed by atoms with van der Waals surface area (Å²) >= 11 is 0. The molecular weight excluding hydrogens is 416 g/mol. The van der Waals surface area contributed by atoms with Crippen LogP contribution in [0.5, 0.6) is 0 Å².